The Labute approximate surface area is 322 Å². The summed E-state index contributed by atoms with van der Waals surface area (Å²) in [5.74, 6) is 0. The van der Waals surface area contributed by atoms with Crippen LogP contribution < -0.4 is 4.90 Å². The molecule has 0 aliphatic carbocycles. The third-order valence-corrected chi connectivity index (χ3v) is 10.8. The number of rotatable bonds is 7. The van der Waals surface area contributed by atoms with E-state index in [0.717, 1.165) is 17.1 Å². The van der Waals surface area contributed by atoms with E-state index in [4.69, 9.17) is 0 Å². The predicted octanol–water partition coefficient (Wildman–Crippen LogP) is 15.3. The zero-order chi connectivity index (χ0) is 36.6. The fraction of sp³-hybridized carbons (Fsp3) is 0. The van der Waals surface area contributed by atoms with Gasteiger partial charge in [0.1, 0.15) is 0 Å². The minimum atomic E-state index is 1.12. The van der Waals surface area contributed by atoms with Crippen LogP contribution in [-0.2, 0) is 0 Å². The summed E-state index contributed by atoms with van der Waals surface area (Å²) in [7, 11) is 0. The van der Waals surface area contributed by atoms with Gasteiger partial charge in [-0.15, -0.1) is 0 Å². The number of para-hydroxylation sites is 2. The van der Waals surface area contributed by atoms with Gasteiger partial charge in [0, 0.05) is 17.1 Å². The van der Waals surface area contributed by atoms with Gasteiger partial charge in [-0.25, -0.2) is 0 Å². The SMILES string of the molecule is c1ccc(-c2ccc(-c3c(-c4ccccc4)cc(-c4ccccc4)c4c5ccccc5c5cc(N(c6ccccc6)c6ccccc6)ccc5c34)cc2)cc1. The van der Waals surface area contributed by atoms with Gasteiger partial charge in [-0.1, -0.05) is 182 Å². The summed E-state index contributed by atoms with van der Waals surface area (Å²) in [6.45, 7) is 0. The smallest absolute Gasteiger partial charge is 0.0468 e. The Hall–Kier alpha value is -7.22. The standard InChI is InChI=1S/C54H37N/c1-6-18-38(19-7-1)39-30-32-42(33-31-39)52-49(40-20-8-2-9-21-40)37-50(41-22-10-3-11-23-41)53-47-29-17-16-28-46(47)51-36-45(34-35-48(51)54(52)53)55(43-24-12-4-13-25-43)44-26-14-5-15-27-44/h1-37H. The van der Waals surface area contributed by atoms with Crippen LogP contribution in [0.4, 0.5) is 17.1 Å². The summed E-state index contributed by atoms with van der Waals surface area (Å²) in [5.41, 5.74) is 13.1. The van der Waals surface area contributed by atoms with Gasteiger partial charge < -0.3 is 4.90 Å². The molecule has 0 unspecified atom stereocenters. The monoisotopic (exact) mass is 699 g/mol. The van der Waals surface area contributed by atoms with Gasteiger partial charge >= 0.3 is 0 Å². The lowest BCUT2D eigenvalue weighted by Gasteiger charge is -2.27. The van der Waals surface area contributed by atoms with Gasteiger partial charge in [0.2, 0.25) is 0 Å². The quantitative estimate of drug-likeness (QED) is 0.150. The van der Waals surface area contributed by atoms with E-state index in [1.807, 2.05) is 0 Å². The molecule has 1 nitrogen and oxygen atoms in total. The molecule has 1 heteroatoms. The maximum absolute atomic E-state index is 2.44. The first-order chi connectivity index (χ1) is 27.3. The molecule has 0 aromatic heterocycles. The van der Waals surface area contributed by atoms with Crippen LogP contribution in [0, 0.1) is 0 Å². The van der Waals surface area contributed by atoms with Gasteiger partial charge in [-0.2, -0.15) is 0 Å². The molecule has 10 rings (SSSR count). The van der Waals surface area contributed by atoms with Gasteiger partial charge in [0.25, 0.3) is 0 Å². The Bertz CT molecular complexity index is 2880. The number of anilines is 3. The fourth-order valence-electron chi connectivity index (χ4n) is 8.33. The van der Waals surface area contributed by atoms with Crippen LogP contribution in [-0.4, -0.2) is 0 Å². The van der Waals surface area contributed by atoms with Gasteiger partial charge in [0.05, 0.1) is 0 Å². The van der Waals surface area contributed by atoms with Crippen LogP contribution in [0.15, 0.2) is 224 Å². The average Bonchev–Trinajstić information content (AvgIpc) is 3.27. The molecule has 0 N–H and O–H groups in total. The summed E-state index contributed by atoms with van der Waals surface area (Å²) in [6, 6.07) is 81.4. The Morgan fingerprint density at radius 3 is 1.25 bits per heavy atom. The highest BCUT2D eigenvalue weighted by atomic mass is 15.1. The Kier molecular flexibility index (Phi) is 8.24. The van der Waals surface area contributed by atoms with E-state index in [0.29, 0.717) is 0 Å². The minimum Gasteiger partial charge on any atom is -0.310 e. The lowest BCUT2D eigenvalue weighted by Crippen LogP contribution is -2.09. The van der Waals surface area contributed by atoms with Crippen LogP contribution in [0.5, 0.6) is 0 Å². The number of hydrogen-bond donors (Lipinski definition) is 0. The van der Waals surface area contributed by atoms with E-state index < -0.39 is 0 Å². The Morgan fingerprint density at radius 2 is 0.673 bits per heavy atom. The molecule has 55 heavy (non-hydrogen) atoms. The zero-order valence-corrected chi connectivity index (χ0v) is 30.3. The van der Waals surface area contributed by atoms with Gasteiger partial charge in [-0.05, 0) is 119 Å². The van der Waals surface area contributed by atoms with Crippen molar-refractivity contribution in [2.24, 2.45) is 0 Å². The van der Waals surface area contributed by atoms with Crippen molar-refractivity contribution in [1.82, 2.24) is 0 Å². The second-order valence-electron chi connectivity index (χ2n) is 14.1. The van der Waals surface area contributed by atoms with Crippen LogP contribution in [0.3, 0.4) is 0 Å². The second-order valence-corrected chi connectivity index (χ2v) is 14.1. The maximum atomic E-state index is 2.44. The van der Waals surface area contributed by atoms with Crippen LogP contribution >= 0.6 is 0 Å². The highest BCUT2D eigenvalue weighted by Gasteiger charge is 2.23. The summed E-state index contributed by atoms with van der Waals surface area (Å²) < 4.78 is 0. The highest BCUT2D eigenvalue weighted by molar-refractivity contribution is 6.33. The van der Waals surface area contributed by atoms with Gasteiger partial charge in [-0.3, -0.25) is 0 Å². The van der Waals surface area contributed by atoms with Gasteiger partial charge in [0.15, 0.2) is 0 Å². The fourth-order valence-corrected chi connectivity index (χ4v) is 8.33. The first-order valence-corrected chi connectivity index (χ1v) is 18.9. The van der Waals surface area contributed by atoms with Crippen molar-refractivity contribution in [2.75, 3.05) is 4.90 Å². The largest absolute Gasteiger partial charge is 0.310 e. The van der Waals surface area contributed by atoms with E-state index in [2.05, 4.69) is 229 Å². The minimum absolute atomic E-state index is 1.12. The molecule has 0 bridgehead atoms. The number of nitrogens with zero attached hydrogens (tertiary/aromatic N) is 1. The molecule has 0 aliphatic rings. The van der Waals surface area contributed by atoms with Crippen LogP contribution in [0.25, 0.3) is 76.8 Å². The molecular formula is C54H37N. The number of fused-ring (bicyclic) bond motifs is 6. The molecule has 0 atom stereocenters. The van der Waals surface area contributed by atoms with Crippen LogP contribution in [0.1, 0.15) is 0 Å². The Morgan fingerprint density at radius 1 is 0.236 bits per heavy atom. The van der Waals surface area contributed by atoms with Crippen molar-refractivity contribution in [3.63, 3.8) is 0 Å². The Balaban J connectivity index is 1.35. The van der Waals surface area contributed by atoms with E-state index in [9.17, 15) is 0 Å². The first-order valence-electron chi connectivity index (χ1n) is 18.9. The normalized spacial score (nSPS) is 11.3. The summed E-state index contributed by atoms with van der Waals surface area (Å²) in [6.07, 6.45) is 0. The molecule has 0 amide bonds. The molecule has 258 valence electrons. The first kappa shape index (κ1) is 32.4. The third kappa shape index (κ3) is 5.84. The molecule has 0 spiro atoms. The molecule has 0 saturated carbocycles. The lowest BCUT2D eigenvalue weighted by molar-refractivity contribution is 1.29. The zero-order valence-electron chi connectivity index (χ0n) is 30.3. The highest BCUT2D eigenvalue weighted by Crippen LogP contribution is 2.50. The van der Waals surface area contributed by atoms with Crippen molar-refractivity contribution < 1.29 is 0 Å². The van der Waals surface area contributed by atoms with E-state index in [1.165, 1.54) is 76.8 Å². The summed E-state index contributed by atoms with van der Waals surface area (Å²) in [4.78, 5) is 2.36. The summed E-state index contributed by atoms with van der Waals surface area (Å²) in [5, 5.41) is 7.47. The topological polar surface area (TPSA) is 3.24 Å². The van der Waals surface area contributed by atoms with E-state index >= 15 is 0 Å². The molecule has 0 radical (unpaired) electrons. The molecular weight excluding hydrogens is 663 g/mol. The predicted molar refractivity (Wildman–Crippen MR) is 235 cm³/mol. The van der Waals surface area contributed by atoms with Crippen molar-refractivity contribution in [1.29, 1.82) is 0 Å². The van der Waals surface area contributed by atoms with E-state index in [-0.39, 0.29) is 0 Å². The summed E-state index contributed by atoms with van der Waals surface area (Å²) >= 11 is 0. The van der Waals surface area contributed by atoms with E-state index in [1.54, 1.807) is 0 Å². The van der Waals surface area contributed by atoms with Crippen molar-refractivity contribution in [3.8, 4) is 44.5 Å². The molecule has 10 aromatic rings. The maximum Gasteiger partial charge on any atom is 0.0468 e. The molecule has 10 aromatic carbocycles. The van der Waals surface area contributed by atoms with Crippen LogP contribution in [0.2, 0.25) is 0 Å². The molecule has 0 aliphatic heterocycles. The number of benzene rings is 10. The molecule has 0 saturated heterocycles. The lowest BCUT2D eigenvalue weighted by atomic mass is 9.81. The third-order valence-electron chi connectivity index (χ3n) is 10.8. The van der Waals surface area contributed by atoms with Crippen molar-refractivity contribution >= 4 is 49.4 Å². The second kappa shape index (κ2) is 14.0. The molecule has 0 fully saturated rings. The average molecular weight is 700 g/mol. The molecule has 0 heterocycles. The number of hydrogen-bond acceptors (Lipinski definition) is 1. The van der Waals surface area contributed by atoms with Crippen molar-refractivity contribution in [2.45, 2.75) is 0 Å². The van der Waals surface area contributed by atoms with Crippen molar-refractivity contribution in [3.05, 3.63) is 224 Å².